The van der Waals surface area contributed by atoms with Crippen LogP contribution in [0.15, 0.2) is 41.2 Å². The van der Waals surface area contributed by atoms with Gasteiger partial charge in [-0.3, -0.25) is 4.79 Å². The number of amides is 1. The molecule has 4 N–H and O–H groups in total. The third kappa shape index (κ3) is 7.61. The molecule has 224 valence electrons. The number of carbonyl (C=O) groups excluding carboxylic acids is 1. The zero-order chi connectivity index (χ0) is 30.9. The van der Waals surface area contributed by atoms with Crippen molar-refractivity contribution in [2.24, 2.45) is 0 Å². The number of fused-ring (bicyclic) bond motifs is 1. The Balaban J connectivity index is 2.19. The van der Waals surface area contributed by atoms with E-state index in [4.69, 9.17) is 15.2 Å². The number of rotatable bonds is 8. The van der Waals surface area contributed by atoms with Gasteiger partial charge in [-0.25, -0.2) is 9.18 Å². The largest absolute Gasteiger partial charge is 0.506 e. The van der Waals surface area contributed by atoms with E-state index in [2.05, 4.69) is 38.8 Å². The summed E-state index contributed by atoms with van der Waals surface area (Å²) in [6, 6.07) is 10.1. The van der Waals surface area contributed by atoms with E-state index in [1.807, 2.05) is 6.07 Å². The normalized spacial score (nSPS) is 13.2. The van der Waals surface area contributed by atoms with Crippen molar-refractivity contribution in [2.45, 2.75) is 83.8 Å². The summed E-state index contributed by atoms with van der Waals surface area (Å²) in [7, 11) is -0.482. The van der Waals surface area contributed by atoms with Crippen LogP contribution in [0, 0.1) is 5.82 Å². The van der Waals surface area contributed by atoms with Crippen molar-refractivity contribution in [1.29, 1.82) is 0 Å². The topological polar surface area (TPSA) is 118 Å². The maximum absolute atomic E-state index is 14.6. The second kappa shape index (κ2) is 11.8. The number of nitrogens with zero attached hydrogens (tertiary/aromatic N) is 1. The van der Waals surface area contributed by atoms with E-state index in [1.54, 1.807) is 37.8 Å². The fraction of sp³-hybridized carbons (Fsp3) is 0.484. The zero-order valence-corrected chi connectivity index (χ0v) is 26.6. The molecule has 0 fully saturated rings. The first kappa shape index (κ1) is 32.0. The van der Waals surface area contributed by atoms with Crippen molar-refractivity contribution in [3.8, 4) is 11.5 Å². The molecule has 10 heteroatoms. The van der Waals surface area contributed by atoms with E-state index >= 15 is 0 Å². The monoisotopic (exact) mass is 585 g/mol. The molecule has 3 rings (SSSR count). The van der Waals surface area contributed by atoms with Crippen molar-refractivity contribution in [3.63, 3.8) is 0 Å². The molecule has 0 spiro atoms. The van der Waals surface area contributed by atoms with Crippen molar-refractivity contribution in [3.05, 3.63) is 63.7 Å². The lowest BCUT2D eigenvalue weighted by Crippen LogP contribution is -2.43. The van der Waals surface area contributed by atoms with Gasteiger partial charge in [0.2, 0.25) is 5.56 Å². The second-order valence-electron chi connectivity index (χ2n) is 13.4. The molecule has 3 aromatic rings. The van der Waals surface area contributed by atoms with Crippen LogP contribution in [0.5, 0.6) is 11.5 Å². The molecule has 0 radical (unpaired) electrons. The van der Waals surface area contributed by atoms with Crippen LogP contribution < -0.4 is 16.0 Å². The molecule has 0 saturated carbocycles. The summed E-state index contributed by atoms with van der Waals surface area (Å²) in [6.45, 7) is 17.0. The minimum Gasteiger partial charge on any atom is -0.506 e. The molecule has 1 heterocycles. The van der Waals surface area contributed by atoms with E-state index in [0.717, 1.165) is 11.6 Å². The molecule has 0 aliphatic rings. The van der Waals surface area contributed by atoms with E-state index in [-0.39, 0.29) is 41.0 Å². The fourth-order valence-electron chi connectivity index (χ4n) is 4.74. The molecule has 0 aliphatic heterocycles. The van der Waals surface area contributed by atoms with E-state index < -0.39 is 25.6 Å². The standard InChI is InChI=1S/C31H44FN3O5Si/c1-30(2,3)40-29(38)35(16-19-14-23(32)24(33)15-26(19)39-7)17-20(18-41(8,9)31(4,5)6)21-10-12-25(36)28-22(21)11-13-27(37)34-28/h10-15,20,36H,16-18,33H2,1-9H3,(H,34,37)/t20-/m1/s1. The van der Waals surface area contributed by atoms with Gasteiger partial charge < -0.3 is 30.2 Å². The van der Waals surface area contributed by atoms with Crippen LogP contribution in [0.1, 0.15) is 58.6 Å². The highest BCUT2D eigenvalue weighted by atomic mass is 28.3. The first-order valence-corrected chi connectivity index (χ1v) is 17.0. The van der Waals surface area contributed by atoms with Crippen LogP contribution in [0.2, 0.25) is 24.2 Å². The molecule has 1 aromatic heterocycles. The van der Waals surface area contributed by atoms with Crippen LogP contribution in [0.25, 0.3) is 10.9 Å². The van der Waals surface area contributed by atoms with Crippen molar-refractivity contribution < 1.29 is 23.8 Å². The zero-order valence-electron chi connectivity index (χ0n) is 25.6. The highest BCUT2D eigenvalue weighted by Gasteiger charge is 2.39. The molecular weight excluding hydrogens is 541 g/mol. The number of nitrogens with two attached hydrogens (primary N) is 1. The number of phenolic OH excluding ortho intramolecular Hbond substituents is 1. The number of phenols is 1. The summed E-state index contributed by atoms with van der Waals surface area (Å²) in [5.41, 5.74) is 6.35. The number of nitrogen functional groups attached to an aromatic ring is 1. The minimum absolute atomic E-state index is 0.0239. The van der Waals surface area contributed by atoms with Gasteiger partial charge in [0.1, 0.15) is 22.9 Å². The lowest BCUT2D eigenvalue weighted by molar-refractivity contribution is 0.0222. The predicted octanol–water partition coefficient (Wildman–Crippen LogP) is 6.99. The molecule has 1 atom stereocenters. The van der Waals surface area contributed by atoms with Crippen molar-refractivity contribution >= 4 is 30.8 Å². The molecular formula is C31H44FN3O5Si. The molecule has 0 unspecified atom stereocenters. The summed E-state index contributed by atoms with van der Waals surface area (Å²) in [4.78, 5) is 30.1. The van der Waals surface area contributed by atoms with Gasteiger partial charge in [0.15, 0.2) is 0 Å². The number of hydrogen-bond acceptors (Lipinski definition) is 6. The summed E-state index contributed by atoms with van der Waals surface area (Å²) in [5.74, 6) is -0.456. The van der Waals surface area contributed by atoms with Gasteiger partial charge >= 0.3 is 6.09 Å². The number of anilines is 1. The van der Waals surface area contributed by atoms with Crippen LogP contribution in [0.3, 0.4) is 0 Å². The second-order valence-corrected chi connectivity index (χ2v) is 19.0. The Morgan fingerprint density at radius 2 is 1.78 bits per heavy atom. The Morgan fingerprint density at radius 3 is 2.37 bits per heavy atom. The third-order valence-electron chi connectivity index (χ3n) is 7.99. The summed E-state index contributed by atoms with van der Waals surface area (Å²) in [6.07, 6.45) is -0.548. The van der Waals surface area contributed by atoms with Crippen LogP contribution >= 0.6 is 0 Å². The number of H-pyrrole nitrogens is 1. The Labute approximate surface area is 242 Å². The van der Waals surface area contributed by atoms with Gasteiger partial charge in [-0.2, -0.15) is 0 Å². The van der Waals surface area contributed by atoms with Gasteiger partial charge in [-0.1, -0.05) is 39.9 Å². The average molecular weight is 586 g/mol. The van der Waals surface area contributed by atoms with Crippen molar-refractivity contribution in [2.75, 3.05) is 19.4 Å². The molecule has 2 aromatic carbocycles. The Bertz CT molecular complexity index is 1470. The first-order chi connectivity index (χ1) is 18.8. The highest BCUT2D eigenvalue weighted by Crippen LogP contribution is 2.44. The maximum atomic E-state index is 14.6. The molecule has 0 saturated heterocycles. The number of carbonyl (C=O) groups is 1. The fourth-order valence-corrected chi connectivity index (χ4v) is 6.93. The predicted molar refractivity (Wildman–Crippen MR) is 165 cm³/mol. The SMILES string of the molecule is COc1cc(N)c(F)cc1CN(C[C@H](C[Si](C)(C)C(C)(C)C)c1ccc(O)c2[nH]c(=O)ccc12)C(=O)OC(C)(C)C. The van der Waals surface area contributed by atoms with Crippen LogP contribution in [-0.2, 0) is 11.3 Å². The van der Waals surface area contributed by atoms with E-state index in [1.165, 1.54) is 25.3 Å². The summed E-state index contributed by atoms with van der Waals surface area (Å²) >= 11 is 0. The molecule has 0 aliphatic carbocycles. The van der Waals surface area contributed by atoms with Crippen LogP contribution in [0.4, 0.5) is 14.9 Å². The van der Waals surface area contributed by atoms with Gasteiger partial charge in [0.25, 0.3) is 0 Å². The Morgan fingerprint density at radius 1 is 1.12 bits per heavy atom. The smallest absolute Gasteiger partial charge is 0.410 e. The quantitative estimate of drug-likeness (QED) is 0.194. The first-order valence-electron chi connectivity index (χ1n) is 13.8. The number of aromatic amines is 1. The molecule has 8 nitrogen and oxygen atoms in total. The Kier molecular flexibility index (Phi) is 9.17. The molecule has 1 amide bonds. The minimum atomic E-state index is -1.95. The van der Waals surface area contributed by atoms with E-state index in [9.17, 15) is 19.1 Å². The number of nitrogens with one attached hydrogen (secondary N) is 1. The molecule has 0 bridgehead atoms. The van der Waals surface area contributed by atoms with Gasteiger partial charge in [-0.15, -0.1) is 0 Å². The van der Waals surface area contributed by atoms with Crippen molar-refractivity contribution in [1.82, 2.24) is 9.88 Å². The summed E-state index contributed by atoms with van der Waals surface area (Å²) in [5, 5.41) is 11.3. The molecule has 41 heavy (non-hydrogen) atoms. The number of pyridine rings is 1. The Hall–Kier alpha value is -3.53. The maximum Gasteiger partial charge on any atom is 0.410 e. The third-order valence-corrected chi connectivity index (χ3v) is 13.6. The highest BCUT2D eigenvalue weighted by molar-refractivity contribution is 6.80. The number of aromatic nitrogens is 1. The number of hydrogen-bond donors (Lipinski definition) is 3. The van der Waals surface area contributed by atoms with Gasteiger partial charge in [0.05, 0.1) is 32.9 Å². The average Bonchev–Trinajstić information content (AvgIpc) is 2.83. The lowest BCUT2D eigenvalue weighted by Gasteiger charge is -2.41. The number of benzene rings is 2. The summed E-state index contributed by atoms with van der Waals surface area (Å²) < 4.78 is 25.9. The number of halogens is 1. The van der Waals surface area contributed by atoms with Gasteiger partial charge in [-0.05, 0) is 55.6 Å². The number of methoxy groups -OCH3 is 1. The van der Waals surface area contributed by atoms with Crippen LogP contribution in [-0.4, -0.2) is 48.4 Å². The number of aromatic hydroxyl groups is 1. The van der Waals surface area contributed by atoms with E-state index in [0.29, 0.717) is 22.2 Å². The lowest BCUT2D eigenvalue weighted by atomic mass is 9.95. The number of ether oxygens (including phenoxy) is 2. The van der Waals surface area contributed by atoms with Gasteiger partial charge in [0, 0.05) is 35.5 Å².